The number of aromatic nitrogens is 2. The van der Waals surface area contributed by atoms with Crippen molar-refractivity contribution >= 4 is 39.8 Å². The molecule has 29 heavy (non-hydrogen) atoms. The van der Waals surface area contributed by atoms with E-state index in [0.29, 0.717) is 12.2 Å². The highest BCUT2D eigenvalue weighted by atomic mass is 35.5. The van der Waals surface area contributed by atoms with Gasteiger partial charge in [-0.2, -0.15) is 0 Å². The number of rotatable bonds is 4. The Morgan fingerprint density at radius 1 is 0.966 bits per heavy atom. The summed E-state index contributed by atoms with van der Waals surface area (Å²) in [5.74, 6) is 0.724. The Kier molecular flexibility index (Phi) is 5.53. The van der Waals surface area contributed by atoms with Gasteiger partial charge in [0.2, 0.25) is 0 Å². The summed E-state index contributed by atoms with van der Waals surface area (Å²) < 4.78 is 0. The summed E-state index contributed by atoms with van der Waals surface area (Å²) >= 11 is 6.36. The van der Waals surface area contributed by atoms with Gasteiger partial charge in [0, 0.05) is 50.5 Å². The number of hydrogen-bond acceptors (Lipinski definition) is 5. The number of carbonyl (C=O) groups is 1. The number of halogens is 1. The number of piperazine rings is 1. The van der Waals surface area contributed by atoms with Crippen LogP contribution in [0.2, 0.25) is 5.02 Å². The highest BCUT2D eigenvalue weighted by Gasteiger charge is 2.24. The van der Waals surface area contributed by atoms with Crippen molar-refractivity contribution in [3.05, 3.63) is 59.2 Å². The van der Waals surface area contributed by atoms with Crippen LogP contribution in [-0.2, 0) is 0 Å². The largest absolute Gasteiger partial charge is 0.367 e. The molecule has 1 amide bonds. The molecule has 1 aliphatic heterocycles. The number of benzene rings is 2. The summed E-state index contributed by atoms with van der Waals surface area (Å²) in [4.78, 5) is 18.9. The molecule has 1 fully saturated rings. The number of amides is 1. The van der Waals surface area contributed by atoms with Crippen molar-refractivity contribution in [1.29, 1.82) is 0 Å². The Hall–Kier alpha value is -2.86. The SMILES string of the molecule is CCN(C)C(=O)c1nnc(N2CCN(c3ccccc3Cl)CC2)c2ccccc12. The molecule has 1 aliphatic rings. The molecule has 150 valence electrons. The second-order valence-corrected chi connectivity index (χ2v) is 7.57. The molecule has 0 unspecified atom stereocenters. The van der Waals surface area contributed by atoms with Crippen LogP contribution in [0.15, 0.2) is 48.5 Å². The Morgan fingerprint density at radius 2 is 1.59 bits per heavy atom. The van der Waals surface area contributed by atoms with E-state index in [0.717, 1.165) is 53.5 Å². The van der Waals surface area contributed by atoms with Gasteiger partial charge in [-0.05, 0) is 19.1 Å². The Bertz CT molecular complexity index is 1030. The number of nitrogens with zero attached hydrogens (tertiary/aromatic N) is 5. The average molecular weight is 410 g/mol. The maximum Gasteiger partial charge on any atom is 0.274 e. The van der Waals surface area contributed by atoms with Crippen molar-refractivity contribution < 1.29 is 4.79 Å². The molecule has 0 radical (unpaired) electrons. The lowest BCUT2D eigenvalue weighted by molar-refractivity contribution is 0.0798. The first kappa shape index (κ1) is 19.5. The smallest absolute Gasteiger partial charge is 0.274 e. The summed E-state index contributed by atoms with van der Waals surface area (Å²) in [7, 11) is 1.78. The van der Waals surface area contributed by atoms with Crippen LogP contribution in [0.1, 0.15) is 17.4 Å². The topological polar surface area (TPSA) is 52.6 Å². The van der Waals surface area contributed by atoms with E-state index in [1.165, 1.54) is 0 Å². The van der Waals surface area contributed by atoms with Crippen LogP contribution in [0.4, 0.5) is 11.5 Å². The second kappa shape index (κ2) is 8.25. The molecule has 6 nitrogen and oxygen atoms in total. The van der Waals surface area contributed by atoms with Crippen molar-refractivity contribution in [2.75, 3.05) is 49.6 Å². The van der Waals surface area contributed by atoms with Gasteiger partial charge in [0.1, 0.15) is 0 Å². The van der Waals surface area contributed by atoms with Crippen molar-refractivity contribution in [3.63, 3.8) is 0 Å². The maximum atomic E-state index is 12.7. The van der Waals surface area contributed by atoms with E-state index in [-0.39, 0.29) is 5.91 Å². The highest BCUT2D eigenvalue weighted by molar-refractivity contribution is 6.33. The van der Waals surface area contributed by atoms with Gasteiger partial charge in [-0.25, -0.2) is 0 Å². The molecule has 1 aromatic heterocycles. The van der Waals surface area contributed by atoms with Gasteiger partial charge < -0.3 is 14.7 Å². The molecule has 1 saturated heterocycles. The minimum absolute atomic E-state index is 0.105. The summed E-state index contributed by atoms with van der Waals surface area (Å²) in [5.41, 5.74) is 1.47. The molecule has 4 rings (SSSR count). The van der Waals surface area contributed by atoms with Gasteiger partial charge in [-0.3, -0.25) is 4.79 Å². The molecule has 0 saturated carbocycles. The normalized spacial score (nSPS) is 14.3. The van der Waals surface area contributed by atoms with E-state index in [1.54, 1.807) is 11.9 Å². The first-order valence-electron chi connectivity index (χ1n) is 9.85. The predicted molar refractivity (Wildman–Crippen MR) is 118 cm³/mol. The molecule has 7 heteroatoms. The van der Waals surface area contributed by atoms with Gasteiger partial charge in [0.15, 0.2) is 11.5 Å². The van der Waals surface area contributed by atoms with Crippen molar-refractivity contribution in [1.82, 2.24) is 15.1 Å². The number of carbonyl (C=O) groups excluding carboxylic acids is 1. The van der Waals surface area contributed by atoms with Gasteiger partial charge in [0.25, 0.3) is 5.91 Å². The predicted octanol–water partition coefficient (Wildman–Crippen LogP) is 3.70. The molecular formula is C22H24ClN5O. The zero-order valence-electron chi connectivity index (χ0n) is 16.7. The van der Waals surface area contributed by atoms with Crippen LogP contribution in [-0.4, -0.2) is 60.8 Å². The highest BCUT2D eigenvalue weighted by Crippen LogP contribution is 2.30. The van der Waals surface area contributed by atoms with E-state index in [4.69, 9.17) is 11.6 Å². The molecular weight excluding hydrogens is 386 g/mol. The summed E-state index contributed by atoms with van der Waals surface area (Å²) in [5, 5.41) is 11.4. The van der Waals surface area contributed by atoms with Crippen LogP contribution in [0.25, 0.3) is 10.8 Å². The Balaban J connectivity index is 1.61. The van der Waals surface area contributed by atoms with Gasteiger partial charge in [-0.15, -0.1) is 10.2 Å². The standard InChI is InChI=1S/C22H24ClN5O/c1-3-26(2)22(29)20-16-8-4-5-9-17(16)21(25-24-20)28-14-12-27(13-15-28)19-11-7-6-10-18(19)23/h4-11H,3,12-15H2,1-2H3. The summed E-state index contributed by atoms with van der Waals surface area (Å²) in [6.45, 7) is 5.89. The minimum atomic E-state index is -0.105. The third-order valence-electron chi connectivity index (χ3n) is 5.46. The lowest BCUT2D eigenvalue weighted by Gasteiger charge is -2.37. The van der Waals surface area contributed by atoms with Crippen molar-refractivity contribution in [3.8, 4) is 0 Å². The zero-order chi connectivity index (χ0) is 20.4. The fourth-order valence-electron chi connectivity index (χ4n) is 3.67. The number of para-hydroxylation sites is 1. The fraction of sp³-hybridized carbons (Fsp3) is 0.318. The maximum absolute atomic E-state index is 12.7. The van der Waals surface area contributed by atoms with Gasteiger partial charge in [0.05, 0.1) is 10.7 Å². The summed E-state index contributed by atoms with van der Waals surface area (Å²) in [6.07, 6.45) is 0. The fourth-order valence-corrected chi connectivity index (χ4v) is 3.93. The number of anilines is 2. The zero-order valence-corrected chi connectivity index (χ0v) is 17.4. The minimum Gasteiger partial charge on any atom is -0.367 e. The summed E-state index contributed by atoms with van der Waals surface area (Å²) in [6, 6.07) is 15.8. The van der Waals surface area contributed by atoms with Gasteiger partial charge >= 0.3 is 0 Å². The van der Waals surface area contributed by atoms with E-state index < -0.39 is 0 Å². The lowest BCUT2D eigenvalue weighted by Crippen LogP contribution is -2.47. The van der Waals surface area contributed by atoms with Crippen molar-refractivity contribution in [2.45, 2.75) is 6.92 Å². The average Bonchev–Trinajstić information content (AvgIpc) is 2.78. The van der Waals surface area contributed by atoms with E-state index >= 15 is 0 Å². The molecule has 0 N–H and O–H groups in total. The third kappa shape index (κ3) is 3.72. The molecule has 2 heterocycles. The molecule has 0 bridgehead atoms. The quantitative estimate of drug-likeness (QED) is 0.657. The Labute approximate surface area is 175 Å². The van der Waals surface area contributed by atoms with Crippen LogP contribution in [0.3, 0.4) is 0 Å². The van der Waals surface area contributed by atoms with E-state index in [2.05, 4.69) is 26.1 Å². The van der Waals surface area contributed by atoms with Crippen LogP contribution >= 0.6 is 11.6 Å². The molecule has 0 aliphatic carbocycles. The molecule has 2 aromatic carbocycles. The second-order valence-electron chi connectivity index (χ2n) is 7.16. The lowest BCUT2D eigenvalue weighted by atomic mass is 10.1. The van der Waals surface area contributed by atoms with Gasteiger partial charge in [-0.1, -0.05) is 48.0 Å². The van der Waals surface area contributed by atoms with E-state index in [1.807, 2.05) is 49.4 Å². The first-order valence-corrected chi connectivity index (χ1v) is 10.2. The van der Waals surface area contributed by atoms with Crippen molar-refractivity contribution in [2.24, 2.45) is 0 Å². The first-order chi connectivity index (χ1) is 14.1. The van der Waals surface area contributed by atoms with Crippen LogP contribution in [0.5, 0.6) is 0 Å². The Morgan fingerprint density at radius 3 is 2.28 bits per heavy atom. The van der Waals surface area contributed by atoms with Crippen LogP contribution in [0, 0.1) is 0 Å². The monoisotopic (exact) mass is 409 g/mol. The third-order valence-corrected chi connectivity index (χ3v) is 5.78. The number of hydrogen-bond donors (Lipinski definition) is 0. The van der Waals surface area contributed by atoms with E-state index in [9.17, 15) is 4.79 Å². The number of fused-ring (bicyclic) bond motifs is 1. The van der Waals surface area contributed by atoms with Crippen LogP contribution < -0.4 is 9.80 Å². The molecule has 0 spiro atoms. The molecule has 0 atom stereocenters. The molecule has 3 aromatic rings.